The zero-order valence-electron chi connectivity index (χ0n) is 20.7. The number of aliphatic hydroxyl groups is 1. The Morgan fingerprint density at radius 3 is 2.30 bits per heavy atom. The normalized spacial score (nSPS) is 18.4. The fourth-order valence-corrected chi connectivity index (χ4v) is 4.44. The van der Waals surface area contributed by atoms with Crippen LogP contribution < -0.4 is 4.90 Å². The highest BCUT2D eigenvalue weighted by molar-refractivity contribution is 6.10. The van der Waals surface area contributed by atoms with Crippen LogP contribution in [0.15, 0.2) is 48.8 Å². The second-order valence-corrected chi connectivity index (χ2v) is 8.70. The fourth-order valence-electron chi connectivity index (χ4n) is 4.44. The van der Waals surface area contributed by atoms with Crippen LogP contribution in [0.3, 0.4) is 0 Å². The molecule has 0 bridgehead atoms. The summed E-state index contributed by atoms with van der Waals surface area (Å²) < 4.78 is 65.2. The first-order valence-electron chi connectivity index (χ1n) is 12.0. The van der Waals surface area contributed by atoms with Gasteiger partial charge in [0.05, 0.1) is 18.7 Å². The highest BCUT2D eigenvalue weighted by atomic mass is 19.4. The Kier molecular flexibility index (Phi) is 9.01. The van der Waals surface area contributed by atoms with Gasteiger partial charge in [-0.25, -0.2) is 0 Å². The van der Waals surface area contributed by atoms with E-state index in [1.165, 1.54) is 11.0 Å². The number of amides is 1. The number of rotatable bonds is 4. The molecule has 1 aliphatic heterocycles. The third kappa shape index (κ3) is 6.15. The van der Waals surface area contributed by atoms with Crippen LogP contribution in [0.1, 0.15) is 79.0 Å². The van der Waals surface area contributed by atoms with Crippen molar-refractivity contribution in [2.24, 2.45) is 5.92 Å². The summed E-state index contributed by atoms with van der Waals surface area (Å²) in [6.45, 7) is 2.92. The minimum absolute atomic E-state index is 0.00253. The summed E-state index contributed by atoms with van der Waals surface area (Å²) >= 11 is 0. The molecule has 1 amide bonds. The Hall–Kier alpha value is -3.34. The topological polar surface area (TPSA) is 71.2 Å². The van der Waals surface area contributed by atoms with Gasteiger partial charge in [-0.15, -0.1) is 10.2 Å². The smallest absolute Gasteiger partial charge is 0.392 e. The van der Waals surface area contributed by atoms with Crippen molar-refractivity contribution in [1.82, 2.24) is 14.8 Å². The SMILES string of the molecule is CC.CC1CC(c2nncn2C(F)F)C1.O=C1c2cc(CO)cc(C(F)(F)F)c2CN1c1ccccc1. The van der Waals surface area contributed by atoms with Gasteiger partial charge in [-0.2, -0.15) is 22.0 Å². The minimum Gasteiger partial charge on any atom is -0.392 e. The van der Waals surface area contributed by atoms with Crippen molar-refractivity contribution in [3.63, 3.8) is 0 Å². The first-order chi connectivity index (χ1) is 17.6. The number of anilines is 1. The lowest BCUT2D eigenvalue weighted by Gasteiger charge is -2.31. The molecule has 2 heterocycles. The first-order valence-corrected chi connectivity index (χ1v) is 12.0. The molecule has 6 nitrogen and oxygen atoms in total. The molecule has 0 unspecified atom stereocenters. The molecule has 3 aromatic rings. The van der Waals surface area contributed by atoms with Crippen LogP contribution in [-0.2, 0) is 19.3 Å². The molecule has 200 valence electrons. The van der Waals surface area contributed by atoms with Crippen molar-refractivity contribution in [2.45, 2.75) is 65.4 Å². The summed E-state index contributed by atoms with van der Waals surface area (Å²) in [5.41, 5.74) is -0.279. The lowest BCUT2D eigenvalue weighted by Crippen LogP contribution is -2.22. The maximum absolute atomic E-state index is 13.2. The average Bonchev–Trinajstić information content (AvgIpc) is 3.48. The summed E-state index contributed by atoms with van der Waals surface area (Å²) in [6.07, 6.45) is -1.57. The summed E-state index contributed by atoms with van der Waals surface area (Å²) in [6, 6.07) is 10.8. The maximum Gasteiger partial charge on any atom is 0.416 e. The van der Waals surface area contributed by atoms with E-state index in [0.29, 0.717) is 17.4 Å². The molecule has 0 spiro atoms. The maximum atomic E-state index is 13.2. The average molecular weight is 525 g/mol. The predicted molar refractivity (Wildman–Crippen MR) is 128 cm³/mol. The molecule has 0 atom stereocenters. The quantitative estimate of drug-likeness (QED) is 0.392. The van der Waals surface area contributed by atoms with Crippen LogP contribution in [0.25, 0.3) is 0 Å². The molecular weight excluding hydrogens is 495 g/mol. The standard InChI is InChI=1S/C16H12F3NO2.C8H11F2N3.C2H6/c17-16(18,19)14-7-10(9-21)6-12-13(14)8-20(15(12)22)11-4-2-1-3-5-11;1-5-2-6(3-5)7-12-11-4-13(7)8(9)10;1-2/h1-7,21H,8-9H2;4-6,8H,2-3H2,1H3;1-2H3. The second kappa shape index (κ2) is 11.8. The van der Waals surface area contributed by atoms with Crippen molar-refractivity contribution in [3.05, 3.63) is 76.9 Å². The number of hydrogen-bond donors (Lipinski definition) is 1. The van der Waals surface area contributed by atoms with Crippen molar-refractivity contribution in [2.75, 3.05) is 4.90 Å². The number of fused-ring (bicyclic) bond motifs is 1. The van der Waals surface area contributed by atoms with E-state index < -0.39 is 30.8 Å². The van der Waals surface area contributed by atoms with Crippen LogP contribution in [0, 0.1) is 5.92 Å². The number of carbonyl (C=O) groups is 1. The van der Waals surface area contributed by atoms with Gasteiger partial charge in [-0.05, 0) is 54.2 Å². The molecule has 1 aromatic heterocycles. The van der Waals surface area contributed by atoms with Crippen LogP contribution in [0.2, 0.25) is 0 Å². The molecule has 1 fully saturated rings. The van der Waals surface area contributed by atoms with E-state index in [1.807, 2.05) is 13.8 Å². The second-order valence-electron chi connectivity index (χ2n) is 8.70. The molecule has 5 rings (SSSR count). The van der Waals surface area contributed by atoms with E-state index in [4.69, 9.17) is 5.11 Å². The summed E-state index contributed by atoms with van der Waals surface area (Å²) in [5.74, 6) is 0.773. The molecule has 0 saturated heterocycles. The van der Waals surface area contributed by atoms with Gasteiger partial charge in [0.25, 0.3) is 5.91 Å². The van der Waals surface area contributed by atoms with Gasteiger partial charge in [-0.3, -0.25) is 9.36 Å². The Morgan fingerprint density at radius 2 is 1.76 bits per heavy atom. The number of para-hydroxylation sites is 1. The summed E-state index contributed by atoms with van der Waals surface area (Å²) in [7, 11) is 0. The monoisotopic (exact) mass is 524 g/mol. The number of benzene rings is 2. The molecular formula is C26H29F5N4O2. The zero-order valence-corrected chi connectivity index (χ0v) is 20.7. The Balaban J connectivity index is 0.000000216. The van der Waals surface area contributed by atoms with Crippen molar-refractivity contribution < 1.29 is 31.9 Å². The highest BCUT2D eigenvalue weighted by Crippen LogP contribution is 2.41. The lowest BCUT2D eigenvalue weighted by molar-refractivity contribution is -0.138. The molecule has 1 aliphatic carbocycles. The van der Waals surface area contributed by atoms with Crippen LogP contribution in [-0.4, -0.2) is 25.8 Å². The van der Waals surface area contributed by atoms with E-state index >= 15 is 0 Å². The van der Waals surface area contributed by atoms with Gasteiger partial charge >= 0.3 is 12.7 Å². The van der Waals surface area contributed by atoms with Crippen LogP contribution >= 0.6 is 0 Å². The van der Waals surface area contributed by atoms with Crippen molar-refractivity contribution in [1.29, 1.82) is 0 Å². The largest absolute Gasteiger partial charge is 0.416 e. The minimum atomic E-state index is -4.57. The van der Waals surface area contributed by atoms with Crippen molar-refractivity contribution >= 4 is 11.6 Å². The number of alkyl halides is 5. The van der Waals surface area contributed by atoms with Crippen LogP contribution in [0.4, 0.5) is 27.6 Å². The molecule has 1 N–H and O–H groups in total. The number of halogens is 5. The molecule has 1 saturated carbocycles. The highest BCUT2D eigenvalue weighted by Gasteiger charge is 2.40. The predicted octanol–water partition coefficient (Wildman–Crippen LogP) is 6.57. The van der Waals surface area contributed by atoms with E-state index in [-0.39, 0.29) is 29.2 Å². The van der Waals surface area contributed by atoms with Crippen molar-refractivity contribution in [3.8, 4) is 0 Å². The number of carbonyl (C=O) groups excluding carboxylic acids is 1. The third-order valence-corrected chi connectivity index (χ3v) is 6.21. The summed E-state index contributed by atoms with van der Waals surface area (Å²) in [5, 5.41) is 16.4. The summed E-state index contributed by atoms with van der Waals surface area (Å²) in [4.78, 5) is 13.7. The first kappa shape index (κ1) is 28.2. The van der Waals surface area contributed by atoms with Gasteiger partial charge in [-0.1, -0.05) is 39.0 Å². The van der Waals surface area contributed by atoms with Gasteiger partial charge < -0.3 is 10.0 Å². The molecule has 0 radical (unpaired) electrons. The Labute approximate surface area is 211 Å². The van der Waals surface area contributed by atoms with Gasteiger partial charge in [0.15, 0.2) is 0 Å². The lowest BCUT2D eigenvalue weighted by atomic mass is 9.76. The third-order valence-electron chi connectivity index (χ3n) is 6.21. The van der Waals surface area contributed by atoms with Gasteiger partial charge in [0.2, 0.25) is 0 Å². The van der Waals surface area contributed by atoms with Crippen LogP contribution in [0.5, 0.6) is 0 Å². The number of aromatic nitrogens is 3. The van der Waals surface area contributed by atoms with E-state index in [1.54, 1.807) is 30.3 Å². The Bertz CT molecular complexity index is 1190. The Morgan fingerprint density at radius 1 is 1.11 bits per heavy atom. The van der Waals surface area contributed by atoms with Gasteiger partial charge in [0.1, 0.15) is 12.2 Å². The molecule has 37 heavy (non-hydrogen) atoms. The number of aliphatic hydroxyl groups excluding tert-OH is 1. The molecule has 2 aliphatic rings. The number of nitrogens with zero attached hydrogens (tertiary/aromatic N) is 4. The van der Waals surface area contributed by atoms with E-state index in [0.717, 1.165) is 29.8 Å². The molecule has 2 aromatic carbocycles. The zero-order chi connectivity index (χ0) is 27.3. The number of hydrogen-bond acceptors (Lipinski definition) is 4. The molecule has 11 heteroatoms. The fraction of sp³-hybridized carbons (Fsp3) is 0.423. The van der Waals surface area contributed by atoms with E-state index in [9.17, 15) is 26.7 Å². The van der Waals surface area contributed by atoms with Gasteiger partial charge in [0, 0.05) is 17.2 Å². The van der Waals surface area contributed by atoms with E-state index in [2.05, 4.69) is 17.1 Å².